The Balaban J connectivity index is 0.00000420. The molecule has 0 aliphatic heterocycles. The van der Waals surface area contributed by atoms with E-state index < -0.39 is 5.91 Å². The molecule has 2 aromatic rings. The summed E-state index contributed by atoms with van der Waals surface area (Å²) in [7, 11) is 0. The van der Waals surface area contributed by atoms with Crippen molar-refractivity contribution in [2.75, 3.05) is 26.2 Å². The van der Waals surface area contributed by atoms with Crippen LogP contribution in [0.1, 0.15) is 29.3 Å². The number of amides is 1. The molecule has 0 aliphatic rings. The topological polar surface area (TPSA) is 102 Å². The van der Waals surface area contributed by atoms with Crippen LogP contribution in [-0.2, 0) is 24.1 Å². The van der Waals surface area contributed by atoms with Crippen LogP contribution < -0.4 is 21.1 Å². The van der Waals surface area contributed by atoms with Gasteiger partial charge in [-0.05, 0) is 37.5 Å². The largest absolute Gasteiger partial charge is 0.484 e. The first-order chi connectivity index (χ1) is 13.6. The minimum Gasteiger partial charge on any atom is -0.484 e. The van der Waals surface area contributed by atoms with Crippen LogP contribution in [0.5, 0.6) is 5.75 Å². The van der Waals surface area contributed by atoms with Crippen molar-refractivity contribution in [2.45, 2.75) is 33.1 Å². The molecule has 0 atom stereocenters. The van der Waals surface area contributed by atoms with Crippen LogP contribution in [0.4, 0.5) is 0 Å². The van der Waals surface area contributed by atoms with E-state index in [0.29, 0.717) is 12.3 Å². The molecule has 0 spiro atoms. The first-order valence-electron chi connectivity index (χ1n) is 9.56. The number of hydrogen-bond donors (Lipinski definition) is 3. The summed E-state index contributed by atoms with van der Waals surface area (Å²) in [6.07, 6.45) is 4.70. The molecular weight excluding hydrogens is 501 g/mol. The third-order valence-electron chi connectivity index (χ3n) is 3.90. The van der Waals surface area contributed by atoms with Crippen molar-refractivity contribution in [3.8, 4) is 5.75 Å². The molecule has 0 unspecified atom stereocenters. The van der Waals surface area contributed by atoms with E-state index in [1.165, 1.54) is 10.4 Å². The molecule has 1 heterocycles. The van der Waals surface area contributed by atoms with Gasteiger partial charge in [0.1, 0.15) is 5.75 Å². The number of guanidine groups is 1. The number of thiazole rings is 1. The van der Waals surface area contributed by atoms with Crippen molar-refractivity contribution < 1.29 is 9.53 Å². The summed E-state index contributed by atoms with van der Waals surface area (Å²) < 4.78 is 5.26. The quantitative estimate of drug-likeness (QED) is 0.235. The minimum absolute atomic E-state index is 0. The molecule has 0 aliphatic carbocycles. The molecule has 0 saturated heterocycles. The molecule has 7 nitrogen and oxygen atoms in total. The zero-order valence-corrected chi connectivity index (χ0v) is 20.1. The molecule has 29 heavy (non-hydrogen) atoms. The van der Waals surface area contributed by atoms with Crippen molar-refractivity contribution in [1.82, 2.24) is 15.6 Å². The average molecular weight is 531 g/mol. The predicted octanol–water partition coefficient (Wildman–Crippen LogP) is 2.53. The number of aryl methyl sites for hydroxylation is 1. The summed E-state index contributed by atoms with van der Waals surface area (Å²) in [5.74, 6) is 0.971. The lowest BCUT2D eigenvalue weighted by Gasteiger charge is -2.11. The summed E-state index contributed by atoms with van der Waals surface area (Å²) in [5.41, 5.74) is 6.24. The zero-order chi connectivity index (χ0) is 20.2. The average Bonchev–Trinajstić information content (AvgIpc) is 3.15. The number of carbonyl (C=O) groups excluding carboxylic acids is 1. The van der Waals surface area contributed by atoms with Crippen LogP contribution in [0.3, 0.4) is 0 Å². The molecule has 0 radical (unpaired) electrons. The predicted molar refractivity (Wildman–Crippen MR) is 129 cm³/mol. The number of carbonyl (C=O) groups is 1. The second-order valence-corrected chi connectivity index (χ2v) is 7.36. The summed E-state index contributed by atoms with van der Waals surface area (Å²) in [6, 6.07) is 7.65. The summed E-state index contributed by atoms with van der Waals surface area (Å²) in [5, 5.41) is 7.76. The van der Waals surface area contributed by atoms with Crippen LogP contribution in [0.25, 0.3) is 0 Å². The van der Waals surface area contributed by atoms with Gasteiger partial charge in [0.25, 0.3) is 5.91 Å². The van der Waals surface area contributed by atoms with Gasteiger partial charge in [0, 0.05) is 37.1 Å². The second-order valence-electron chi connectivity index (χ2n) is 6.16. The van der Waals surface area contributed by atoms with Crippen LogP contribution in [0.2, 0.25) is 0 Å². The maximum Gasteiger partial charge on any atom is 0.255 e. The number of aliphatic imine (C=N–C) groups is 1. The molecule has 160 valence electrons. The number of ether oxygens (including phenoxy) is 1. The van der Waals surface area contributed by atoms with Crippen molar-refractivity contribution >= 4 is 47.2 Å². The maximum absolute atomic E-state index is 10.7. The van der Waals surface area contributed by atoms with Gasteiger partial charge in [-0.2, -0.15) is 0 Å². The Bertz CT molecular complexity index is 764. The highest BCUT2D eigenvalue weighted by molar-refractivity contribution is 14.0. The molecule has 1 amide bonds. The summed E-state index contributed by atoms with van der Waals surface area (Å²) in [4.78, 5) is 21.1. The smallest absolute Gasteiger partial charge is 0.255 e. The highest BCUT2D eigenvalue weighted by Gasteiger charge is 2.02. The third kappa shape index (κ3) is 9.93. The molecule has 4 N–H and O–H groups in total. The normalized spacial score (nSPS) is 10.9. The first-order valence-corrected chi connectivity index (χ1v) is 10.4. The van der Waals surface area contributed by atoms with Gasteiger partial charge in [0.05, 0.1) is 5.01 Å². The van der Waals surface area contributed by atoms with Gasteiger partial charge < -0.3 is 21.1 Å². The molecule has 2 rings (SSSR count). The number of primary amides is 1. The van der Waals surface area contributed by atoms with Gasteiger partial charge in [-0.3, -0.25) is 9.79 Å². The van der Waals surface area contributed by atoms with Crippen molar-refractivity contribution in [1.29, 1.82) is 0 Å². The Hall–Kier alpha value is -1.88. The number of aromatic nitrogens is 1. The second kappa shape index (κ2) is 14.2. The van der Waals surface area contributed by atoms with E-state index in [0.717, 1.165) is 43.3 Å². The molecule has 9 heteroatoms. The summed E-state index contributed by atoms with van der Waals surface area (Å²) in [6.45, 7) is 6.38. The molecule has 0 bridgehead atoms. The van der Waals surface area contributed by atoms with Crippen LogP contribution in [0.15, 0.2) is 35.5 Å². The fraction of sp³-hybridized carbons (Fsp3) is 0.450. The van der Waals surface area contributed by atoms with Gasteiger partial charge in [-0.15, -0.1) is 35.3 Å². The Morgan fingerprint density at radius 1 is 1.21 bits per heavy atom. The number of nitrogens with two attached hydrogens (primary N) is 1. The van der Waals surface area contributed by atoms with Crippen molar-refractivity contribution in [3.63, 3.8) is 0 Å². The van der Waals surface area contributed by atoms with E-state index in [2.05, 4.69) is 34.5 Å². The van der Waals surface area contributed by atoms with Gasteiger partial charge in [-0.25, -0.2) is 4.98 Å². The monoisotopic (exact) mass is 531 g/mol. The van der Waals surface area contributed by atoms with Gasteiger partial charge in [-0.1, -0.05) is 19.1 Å². The maximum atomic E-state index is 10.7. The molecule has 0 fully saturated rings. The molecular formula is C20H30IN5O2S. The fourth-order valence-electron chi connectivity index (χ4n) is 2.46. The van der Waals surface area contributed by atoms with E-state index >= 15 is 0 Å². The Labute approximate surface area is 193 Å². The Morgan fingerprint density at radius 3 is 2.59 bits per heavy atom. The summed E-state index contributed by atoms with van der Waals surface area (Å²) >= 11 is 1.76. The van der Waals surface area contributed by atoms with E-state index in [4.69, 9.17) is 10.5 Å². The highest BCUT2D eigenvalue weighted by atomic mass is 127. The lowest BCUT2D eigenvalue weighted by Crippen LogP contribution is -2.38. The van der Waals surface area contributed by atoms with Crippen LogP contribution in [-0.4, -0.2) is 43.1 Å². The van der Waals surface area contributed by atoms with Gasteiger partial charge in [0.2, 0.25) is 0 Å². The third-order valence-corrected chi connectivity index (χ3v) is 5.10. The SMILES string of the molecule is CCNC(=NCCc1ncc(CC)s1)NCCc1ccc(OCC(N)=O)cc1.I. The van der Waals surface area contributed by atoms with Gasteiger partial charge in [0.15, 0.2) is 12.6 Å². The zero-order valence-electron chi connectivity index (χ0n) is 16.9. The lowest BCUT2D eigenvalue weighted by molar-refractivity contribution is -0.119. The molecule has 1 aromatic heterocycles. The highest BCUT2D eigenvalue weighted by Crippen LogP contribution is 2.14. The molecule has 1 aromatic carbocycles. The van der Waals surface area contributed by atoms with Crippen molar-refractivity contribution in [3.05, 3.63) is 45.9 Å². The van der Waals surface area contributed by atoms with E-state index in [1.807, 2.05) is 30.5 Å². The van der Waals surface area contributed by atoms with Gasteiger partial charge >= 0.3 is 0 Å². The standard InChI is InChI=1S/C20H29N5O2S.HI/c1-3-17-13-25-19(28-17)10-12-24-20(22-4-2)23-11-9-15-5-7-16(8-6-15)27-14-18(21)26;/h5-8,13H,3-4,9-12,14H2,1-2H3,(H2,21,26)(H2,22,23,24);1H. The van der Waals surface area contributed by atoms with E-state index in [1.54, 1.807) is 11.3 Å². The Morgan fingerprint density at radius 2 is 1.97 bits per heavy atom. The van der Waals surface area contributed by atoms with Crippen molar-refractivity contribution in [2.24, 2.45) is 10.7 Å². The number of nitrogens with zero attached hydrogens (tertiary/aromatic N) is 2. The number of hydrogen-bond acceptors (Lipinski definition) is 5. The Kier molecular flexibility index (Phi) is 12.3. The number of halogens is 1. The number of nitrogens with one attached hydrogen (secondary N) is 2. The van der Waals surface area contributed by atoms with E-state index in [-0.39, 0.29) is 30.6 Å². The van der Waals surface area contributed by atoms with Crippen LogP contribution >= 0.6 is 35.3 Å². The fourth-order valence-corrected chi connectivity index (χ4v) is 3.32. The molecule has 0 saturated carbocycles. The minimum atomic E-state index is -0.482. The van der Waals surface area contributed by atoms with Crippen LogP contribution in [0, 0.1) is 0 Å². The van der Waals surface area contributed by atoms with E-state index in [9.17, 15) is 4.79 Å². The number of benzene rings is 1. The first kappa shape index (κ1) is 25.2. The number of rotatable bonds is 11. The lowest BCUT2D eigenvalue weighted by atomic mass is 10.1.